The van der Waals surface area contributed by atoms with Crippen LogP contribution in [0.25, 0.3) is 0 Å². The molecule has 0 atom stereocenters. The van der Waals surface area contributed by atoms with Gasteiger partial charge in [0.25, 0.3) is 0 Å². The molecule has 0 saturated carbocycles. The van der Waals surface area contributed by atoms with Gasteiger partial charge in [-0.25, -0.2) is 9.67 Å². The summed E-state index contributed by atoms with van der Waals surface area (Å²) in [6.07, 6.45) is 3.26. The summed E-state index contributed by atoms with van der Waals surface area (Å²) < 4.78 is 7.88. The zero-order chi connectivity index (χ0) is 10.8. The minimum absolute atomic E-state index is 0.364. The van der Waals surface area contributed by atoms with Gasteiger partial charge in [-0.05, 0) is 22.0 Å². The van der Waals surface area contributed by atoms with E-state index in [1.165, 1.54) is 0 Å². The summed E-state index contributed by atoms with van der Waals surface area (Å²) in [6.45, 7) is 0. The third-order valence-corrected chi connectivity index (χ3v) is 2.46. The number of aryl methyl sites for hydroxylation is 1. The Bertz CT molecular complexity index is 486. The molecule has 15 heavy (non-hydrogen) atoms. The first-order valence-corrected chi connectivity index (χ1v) is 5.31. The van der Waals surface area contributed by atoms with E-state index in [1.807, 2.05) is 0 Å². The molecule has 78 valence electrons. The second-order valence-electron chi connectivity index (χ2n) is 2.84. The van der Waals surface area contributed by atoms with E-state index in [0.717, 1.165) is 4.47 Å². The van der Waals surface area contributed by atoms with Gasteiger partial charge in [-0.1, -0.05) is 11.6 Å². The molecule has 0 bridgehead atoms. The zero-order valence-electron chi connectivity index (χ0n) is 7.82. The minimum atomic E-state index is 0.364. The van der Waals surface area contributed by atoms with Crippen molar-refractivity contribution in [1.82, 2.24) is 14.8 Å². The van der Waals surface area contributed by atoms with Gasteiger partial charge in [-0.15, -0.1) is 0 Å². The lowest BCUT2D eigenvalue weighted by Gasteiger charge is -2.05. The molecular formula is C9H7BrClN3O. The molecule has 2 heterocycles. The molecule has 0 aliphatic rings. The Balaban J connectivity index is 2.29. The van der Waals surface area contributed by atoms with Gasteiger partial charge >= 0.3 is 0 Å². The van der Waals surface area contributed by atoms with Crippen LogP contribution in [0.2, 0.25) is 5.02 Å². The van der Waals surface area contributed by atoms with Gasteiger partial charge in [-0.3, -0.25) is 0 Å². The lowest BCUT2D eigenvalue weighted by atomic mass is 10.5. The van der Waals surface area contributed by atoms with E-state index in [1.54, 1.807) is 36.3 Å². The smallest absolute Gasteiger partial charge is 0.240 e. The Morgan fingerprint density at radius 3 is 2.93 bits per heavy atom. The lowest BCUT2D eigenvalue weighted by molar-refractivity contribution is 0.415. The molecule has 0 saturated heterocycles. The predicted molar refractivity (Wildman–Crippen MR) is 60.2 cm³/mol. The van der Waals surface area contributed by atoms with Crippen LogP contribution in [0.3, 0.4) is 0 Å². The van der Waals surface area contributed by atoms with E-state index >= 15 is 0 Å². The van der Waals surface area contributed by atoms with E-state index in [-0.39, 0.29) is 0 Å². The highest BCUT2D eigenvalue weighted by Gasteiger charge is 2.07. The highest BCUT2D eigenvalue weighted by Crippen LogP contribution is 2.28. The molecule has 0 amide bonds. The van der Waals surface area contributed by atoms with Gasteiger partial charge in [0.1, 0.15) is 5.02 Å². The number of ether oxygens (including phenoxy) is 1. The van der Waals surface area contributed by atoms with Crippen molar-refractivity contribution in [2.75, 3.05) is 0 Å². The number of pyridine rings is 1. The van der Waals surface area contributed by atoms with Crippen molar-refractivity contribution in [3.05, 3.63) is 34.0 Å². The van der Waals surface area contributed by atoms with Crippen LogP contribution < -0.4 is 4.74 Å². The Morgan fingerprint density at radius 2 is 2.33 bits per heavy atom. The van der Waals surface area contributed by atoms with Crippen molar-refractivity contribution in [3.8, 4) is 11.8 Å². The van der Waals surface area contributed by atoms with Crippen LogP contribution in [-0.4, -0.2) is 14.8 Å². The van der Waals surface area contributed by atoms with Crippen LogP contribution in [0.4, 0.5) is 0 Å². The number of rotatable bonds is 2. The summed E-state index contributed by atoms with van der Waals surface area (Å²) in [6, 6.07) is 3.46. The van der Waals surface area contributed by atoms with E-state index in [9.17, 15) is 0 Å². The van der Waals surface area contributed by atoms with Gasteiger partial charge in [0.15, 0.2) is 0 Å². The summed E-state index contributed by atoms with van der Waals surface area (Å²) >= 11 is 9.22. The highest BCUT2D eigenvalue weighted by atomic mass is 79.9. The number of hydrogen-bond donors (Lipinski definition) is 0. The fourth-order valence-corrected chi connectivity index (χ4v) is 1.71. The van der Waals surface area contributed by atoms with E-state index in [4.69, 9.17) is 16.3 Å². The normalized spacial score (nSPS) is 10.3. The SMILES string of the molecule is Cn1nccc1Oc1ncc(Br)cc1Cl. The Labute approximate surface area is 100.0 Å². The number of halogens is 2. The molecular weight excluding hydrogens is 281 g/mol. The summed E-state index contributed by atoms with van der Waals surface area (Å²) in [5.74, 6) is 0.954. The van der Waals surface area contributed by atoms with Crippen LogP contribution in [0.15, 0.2) is 29.0 Å². The summed E-state index contributed by atoms with van der Waals surface area (Å²) in [5, 5.41) is 4.42. The molecule has 2 rings (SSSR count). The van der Waals surface area contributed by atoms with Crippen LogP contribution in [0, 0.1) is 0 Å². The average molecular weight is 289 g/mol. The molecule has 0 spiro atoms. The Kier molecular flexibility index (Phi) is 2.93. The molecule has 0 N–H and O–H groups in total. The van der Waals surface area contributed by atoms with Crippen molar-refractivity contribution in [1.29, 1.82) is 0 Å². The van der Waals surface area contributed by atoms with Crippen LogP contribution >= 0.6 is 27.5 Å². The van der Waals surface area contributed by atoms with E-state index < -0.39 is 0 Å². The van der Waals surface area contributed by atoms with E-state index in [2.05, 4.69) is 26.0 Å². The first kappa shape index (κ1) is 10.4. The van der Waals surface area contributed by atoms with Crippen LogP contribution in [0.1, 0.15) is 0 Å². The number of aromatic nitrogens is 3. The molecule has 0 unspecified atom stereocenters. The molecule has 0 radical (unpaired) electrons. The molecule has 0 aromatic carbocycles. The van der Waals surface area contributed by atoms with Gasteiger partial charge in [0.2, 0.25) is 11.8 Å². The molecule has 0 aliphatic heterocycles. The predicted octanol–water partition coefficient (Wildman–Crippen LogP) is 3.02. The average Bonchev–Trinajstić information content (AvgIpc) is 2.57. The molecule has 0 aliphatic carbocycles. The van der Waals surface area contributed by atoms with Crippen LogP contribution in [0.5, 0.6) is 11.8 Å². The topological polar surface area (TPSA) is 39.9 Å². The zero-order valence-corrected chi connectivity index (χ0v) is 10.2. The van der Waals surface area contributed by atoms with E-state index in [0.29, 0.717) is 16.8 Å². The third kappa shape index (κ3) is 2.30. The standard InChI is InChI=1S/C9H7BrClN3O/c1-14-8(2-3-13-14)15-9-7(11)4-6(10)5-12-9/h2-5H,1H3. The Morgan fingerprint density at radius 1 is 1.53 bits per heavy atom. The van der Waals surface area contributed by atoms with Gasteiger partial charge in [0, 0.05) is 23.8 Å². The molecule has 6 heteroatoms. The largest absolute Gasteiger partial charge is 0.419 e. The van der Waals surface area contributed by atoms with Crippen molar-refractivity contribution in [2.45, 2.75) is 0 Å². The third-order valence-electron chi connectivity index (χ3n) is 1.75. The first-order valence-electron chi connectivity index (χ1n) is 4.14. The fraction of sp³-hybridized carbons (Fsp3) is 0.111. The van der Waals surface area contributed by atoms with Crippen molar-refractivity contribution in [3.63, 3.8) is 0 Å². The monoisotopic (exact) mass is 287 g/mol. The summed E-state index contributed by atoms with van der Waals surface area (Å²) in [5.41, 5.74) is 0. The summed E-state index contributed by atoms with van der Waals surface area (Å²) in [4.78, 5) is 4.05. The Hall–Kier alpha value is -1.07. The second kappa shape index (κ2) is 4.20. The molecule has 2 aromatic heterocycles. The maximum absolute atomic E-state index is 5.95. The molecule has 4 nitrogen and oxygen atoms in total. The quantitative estimate of drug-likeness (QED) is 0.853. The van der Waals surface area contributed by atoms with Crippen molar-refractivity contribution >= 4 is 27.5 Å². The van der Waals surface area contributed by atoms with Crippen molar-refractivity contribution < 1.29 is 4.74 Å². The maximum Gasteiger partial charge on any atom is 0.240 e. The molecule has 2 aromatic rings. The fourth-order valence-electron chi connectivity index (χ4n) is 1.04. The van der Waals surface area contributed by atoms with Gasteiger partial charge in [-0.2, -0.15) is 5.10 Å². The molecule has 0 fully saturated rings. The van der Waals surface area contributed by atoms with Crippen molar-refractivity contribution in [2.24, 2.45) is 7.05 Å². The summed E-state index contributed by atoms with van der Waals surface area (Å²) in [7, 11) is 1.78. The number of hydrogen-bond acceptors (Lipinski definition) is 3. The first-order chi connectivity index (χ1) is 7.16. The second-order valence-corrected chi connectivity index (χ2v) is 4.16. The van der Waals surface area contributed by atoms with Gasteiger partial charge in [0.05, 0.1) is 6.20 Å². The van der Waals surface area contributed by atoms with Gasteiger partial charge < -0.3 is 4.74 Å². The highest BCUT2D eigenvalue weighted by molar-refractivity contribution is 9.10. The minimum Gasteiger partial charge on any atom is -0.419 e. The van der Waals surface area contributed by atoms with Crippen LogP contribution in [-0.2, 0) is 7.05 Å². The lowest BCUT2D eigenvalue weighted by Crippen LogP contribution is -1.96. The number of nitrogens with zero attached hydrogens (tertiary/aromatic N) is 3. The maximum atomic E-state index is 5.95.